The van der Waals surface area contributed by atoms with Gasteiger partial charge < -0.3 is 20.5 Å². The monoisotopic (exact) mass is 494 g/mol. The topological polar surface area (TPSA) is 87.7 Å². The first-order valence-electron chi connectivity index (χ1n) is 13.2. The number of phenols is 1. The molecular weight excluding hydrogens is 448 g/mol. The third-order valence-electron chi connectivity index (χ3n) is 5.74. The van der Waals surface area contributed by atoms with E-state index in [2.05, 4.69) is 24.5 Å². The predicted molar refractivity (Wildman–Crippen MR) is 143 cm³/mol. The van der Waals surface area contributed by atoms with Crippen molar-refractivity contribution in [1.29, 1.82) is 0 Å². The van der Waals surface area contributed by atoms with Gasteiger partial charge in [0.15, 0.2) is 0 Å². The van der Waals surface area contributed by atoms with E-state index in [-0.39, 0.29) is 18.9 Å². The first kappa shape index (κ1) is 30.1. The molecule has 0 saturated carbocycles. The zero-order chi connectivity index (χ0) is 24.9. The number of amides is 2. The number of nitrogens with one attached hydrogen (secondary N) is 2. The summed E-state index contributed by atoms with van der Waals surface area (Å²) in [6, 6.07) is 6.34. The molecule has 0 bridgehead atoms. The van der Waals surface area contributed by atoms with E-state index in [1.54, 1.807) is 12.1 Å². The van der Waals surface area contributed by atoms with Crippen LogP contribution >= 0.6 is 11.8 Å². The molecule has 0 aliphatic carbocycles. The summed E-state index contributed by atoms with van der Waals surface area (Å²) in [5.41, 5.74) is 0. The Labute approximate surface area is 211 Å². The largest absolute Gasteiger partial charge is 0.508 e. The van der Waals surface area contributed by atoms with E-state index in [4.69, 9.17) is 4.74 Å². The third-order valence-corrected chi connectivity index (χ3v) is 7.31. The molecule has 0 aromatic heterocycles. The highest BCUT2D eigenvalue weighted by atomic mass is 32.2. The summed E-state index contributed by atoms with van der Waals surface area (Å²) in [6.07, 6.45) is 15.6. The Hall–Kier alpha value is -1.89. The van der Waals surface area contributed by atoms with Crippen molar-refractivity contribution in [2.24, 2.45) is 0 Å². The van der Waals surface area contributed by atoms with E-state index in [9.17, 15) is 14.7 Å². The van der Waals surface area contributed by atoms with Gasteiger partial charge in [-0.05, 0) is 49.3 Å². The summed E-state index contributed by atoms with van der Waals surface area (Å²) in [6.45, 7) is 5.51. The lowest BCUT2D eigenvalue weighted by atomic mass is 10.1. The maximum Gasteiger partial charge on any atom is 0.309 e. The number of thioether (sulfide) groups is 1. The number of phenolic OH excluding ortho intramolecular Hbond substituents is 1. The Bertz CT molecular complexity index is 655. The van der Waals surface area contributed by atoms with Crippen molar-refractivity contribution in [2.75, 3.05) is 25.4 Å². The van der Waals surface area contributed by atoms with Crippen molar-refractivity contribution in [3.63, 3.8) is 0 Å². The molecule has 0 heterocycles. The Balaban J connectivity index is 1.98. The first-order valence-corrected chi connectivity index (χ1v) is 14.2. The molecule has 3 N–H and O–H groups in total. The van der Waals surface area contributed by atoms with Crippen molar-refractivity contribution in [3.05, 3.63) is 24.3 Å². The van der Waals surface area contributed by atoms with Gasteiger partial charge in [0.05, 0.1) is 6.54 Å². The van der Waals surface area contributed by atoms with Crippen molar-refractivity contribution in [3.8, 4) is 11.5 Å². The molecular formula is C27H46N2O4S. The van der Waals surface area contributed by atoms with E-state index in [0.29, 0.717) is 17.5 Å². The van der Waals surface area contributed by atoms with E-state index >= 15 is 0 Å². The Morgan fingerprint density at radius 1 is 0.853 bits per heavy atom. The molecule has 0 radical (unpaired) electrons. The Morgan fingerprint density at radius 3 is 2.06 bits per heavy atom. The summed E-state index contributed by atoms with van der Waals surface area (Å²) >= 11 is 1.99. The molecule has 1 rings (SSSR count). The second-order valence-corrected chi connectivity index (χ2v) is 10.1. The standard InChI is InChI=1S/C27H46N2O4S/c1-3-5-6-7-8-9-10-11-12-14-25(4-2)34-22-13-19-28-26(31)27(32)29-20-21-33-24-17-15-23(30)16-18-24/h15-18,25,30H,3-14,19-22H2,1-2H3,(H,28,31)(H,29,32). The van der Waals surface area contributed by atoms with Gasteiger partial charge in [-0.3, -0.25) is 9.59 Å². The van der Waals surface area contributed by atoms with Crippen LogP contribution in [0.3, 0.4) is 0 Å². The molecule has 0 fully saturated rings. The molecule has 1 atom stereocenters. The first-order chi connectivity index (χ1) is 16.6. The number of rotatable bonds is 20. The van der Waals surface area contributed by atoms with Gasteiger partial charge >= 0.3 is 11.8 Å². The molecule has 1 aromatic rings. The summed E-state index contributed by atoms with van der Waals surface area (Å²) < 4.78 is 5.44. The number of hydrogen-bond donors (Lipinski definition) is 3. The highest BCUT2D eigenvalue weighted by Crippen LogP contribution is 2.22. The van der Waals surface area contributed by atoms with Gasteiger partial charge in [-0.2, -0.15) is 11.8 Å². The minimum Gasteiger partial charge on any atom is -0.508 e. The zero-order valence-electron chi connectivity index (χ0n) is 21.3. The SMILES string of the molecule is CCCCCCCCCCCC(CC)SCCCNC(=O)C(=O)NCCOc1ccc(O)cc1. The van der Waals surface area contributed by atoms with Gasteiger partial charge in [-0.1, -0.05) is 71.6 Å². The molecule has 0 aliphatic rings. The van der Waals surface area contributed by atoms with Crippen LogP contribution in [-0.2, 0) is 9.59 Å². The number of benzene rings is 1. The fourth-order valence-corrected chi connectivity index (χ4v) is 4.86. The van der Waals surface area contributed by atoms with Crippen LogP contribution in [0, 0.1) is 0 Å². The molecule has 2 amide bonds. The highest BCUT2D eigenvalue weighted by Gasteiger charge is 2.12. The zero-order valence-corrected chi connectivity index (χ0v) is 22.1. The van der Waals surface area contributed by atoms with Gasteiger partial charge in [0.2, 0.25) is 0 Å². The fourth-order valence-electron chi connectivity index (χ4n) is 3.65. The molecule has 7 heteroatoms. The minimum atomic E-state index is -0.640. The molecule has 194 valence electrons. The quantitative estimate of drug-likeness (QED) is 0.157. The van der Waals surface area contributed by atoms with Crippen LogP contribution < -0.4 is 15.4 Å². The molecule has 34 heavy (non-hydrogen) atoms. The lowest BCUT2D eigenvalue weighted by Crippen LogP contribution is -2.41. The molecule has 0 aliphatic heterocycles. The minimum absolute atomic E-state index is 0.166. The number of ether oxygens (including phenoxy) is 1. The number of carbonyl (C=O) groups is 2. The van der Waals surface area contributed by atoms with Crippen LogP contribution in [0.25, 0.3) is 0 Å². The number of carbonyl (C=O) groups excluding carboxylic acids is 2. The Kier molecular flexibility index (Phi) is 18.2. The van der Waals surface area contributed by atoms with Gasteiger partial charge in [0.25, 0.3) is 0 Å². The summed E-state index contributed by atoms with van der Waals surface area (Å²) in [5.74, 6) is 0.519. The lowest BCUT2D eigenvalue weighted by Gasteiger charge is -2.14. The van der Waals surface area contributed by atoms with Crippen LogP contribution in [0.4, 0.5) is 0 Å². The smallest absolute Gasteiger partial charge is 0.309 e. The van der Waals surface area contributed by atoms with Gasteiger partial charge in [-0.15, -0.1) is 0 Å². The Morgan fingerprint density at radius 2 is 1.44 bits per heavy atom. The van der Waals surface area contributed by atoms with E-state index in [1.165, 1.54) is 82.8 Å². The molecule has 6 nitrogen and oxygen atoms in total. The average molecular weight is 495 g/mol. The van der Waals surface area contributed by atoms with Crippen molar-refractivity contribution in [2.45, 2.75) is 96.1 Å². The number of hydrogen-bond acceptors (Lipinski definition) is 5. The molecule has 0 spiro atoms. The van der Waals surface area contributed by atoms with Crippen LogP contribution in [0.1, 0.15) is 90.9 Å². The average Bonchev–Trinajstić information content (AvgIpc) is 2.84. The second-order valence-electron chi connectivity index (χ2n) is 8.73. The fraction of sp³-hybridized carbons (Fsp3) is 0.704. The van der Waals surface area contributed by atoms with Gasteiger partial charge in [-0.25, -0.2) is 0 Å². The maximum absolute atomic E-state index is 11.9. The summed E-state index contributed by atoms with van der Waals surface area (Å²) in [5, 5.41) is 15.2. The normalized spacial score (nSPS) is 11.7. The molecule has 0 saturated heterocycles. The summed E-state index contributed by atoms with van der Waals surface area (Å²) in [4.78, 5) is 23.8. The van der Waals surface area contributed by atoms with Crippen LogP contribution in [-0.4, -0.2) is 47.6 Å². The van der Waals surface area contributed by atoms with E-state index < -0.39 is 11.8 Å². The number of unbranched alkanes of at least 4 members (excludes halogenated alkanes) is 8. The second kappa shape index (κ2) is 20.5. The van der Waals surface area contributed by atoms with Crippen LogP contribution in [0.15, 0.2) is 24.3 Å². The molecule has 1 aromatic carbocycles. The number of aromatic hydroxyl groups is 1. The van der Waals surface area contributed by atoms with Crippen LogP contribution in [0.5, 0.6) is 11.5 Å². The predicted octanol–water partition coefficient (Wildman–Crippen LogP) is 5.83. The van der Waals surface area contributed by atoms with Crippen LogP contribution in [0.2, 0.25) is 0 Å². The highest BCUT2D eigenvalue weighted by molar-refractivity contribution is 7.99. The van der Waals surface area contributed by atoms with Crippen molar-refractivity contribution < 1.29 is 19.4 Å². The summed E-state index contributed by atoms with van der Waals surface area (Å²) in [7, 11) is 0. The van der Waals surface area contributed by atoms with Gasteiger partial charge in [0, 0.05) is 11.8 Å². The van der Waals surface area contributed by atoms with E-state index in [0.717, 1.165) is 12.2 Å². The van der Waals surface area contributed by atoms with E-state index in [1.807, 2.05) is 11.8 Å². The molecule has 1 unspecified atom stereocenters. The van der Waals surface area contributed by atoms with Crippen molar-refractivity contribution >= 4 is 23.6 Å². The van der Waals surface area contributed by atoms with Crippen molar-refractivity contribution in [1.82, 2.24) is 10.6 Å². The lowest BCUT2D eigenvalue weighted by molar-refractivity contribution is -0.139. The van der Waals surface area contributed by atoms with Gasteiger partial charge in [0.1, 0.15) is 18.1 Å². The third kappa shape index (κ3) is 15.9. The maximum atomic E-state index is 11.9.